The number of allylic oxidation sites excluding steroid dienone is 1. The first-order chi connectivity index (χ1) is 13.6. The van der Waals surface area contributed by atoms with Crippen LogP contribution in [0.3, 0.4) is 0 Å². The van der Waals surface area contributed by atoms with Crippen LogP contribution in [0.2, 0.25) is 0 Å². The quantitative estimate of drug-likeness (QED) is 0.168. The first kappa shape index (κ1) is 22.0. The molecule has 0 fully saturated rings. The molecule has 0 saturated carbocycles. The van der Waals surface area contributed by atoms with Gasteiger partial charge in [-0.05, 0) is 37.0 Å². The van der Waals surface area contributed by atoms with E-state index in [2.05, 4.69) is 4.99 Å². The van der Waals surface area contributed by atoms with Gasteiger partial charge in [0.05, 0.1) is 4.92 Å². The van der Waals surface area contributed by atoms with Crippen LogP contribution in [0.5, 0.6) is 0 Å². The lowest BCUT2D eigenvalue weighted by atomic mass is 9.94. The van der Waals surface area contributed by atoms with Crippen LogP contribution in [0, 0.1) is 10.1 Å². The molecule has 0 amide bonds. The van der Waals surface area contributed by atoms with E-state index >= 15 is 0 Å². The van der Waals surface area contributed by atoms with Crippen LogP contribution in [0.4, 0.5) is 0 Å². The molecule has 0 aliphatic heterocycles. The van der Waals surface area contributed by atoms with E-state index in [0.29, 0.717) is 18.4 Å². The van der Waals surface area contributed by atoms with Crippen molar-refractivity contribution in [1.82, 2.24) is 0 Å². The van der Waals surface area contributed by atoms with E-state index in [1.165, 1.54) is 0 Å². The summed E-state index contributed by atoms with van der Waals surface area (Å²) in [7, 11) is 3.12. The van der Waals surface area contributed by atoms with Crippen LogP contribution < -0.4 is 0 Å². The Morgan fingerprint density at radius 1 is 1.11 bits per heavy atom. The van der Waals surface area contributed by atoms with Crippen LogP contribution >= 0.6 is 0 Å². The Hall–Kier alpha value is -2.31. The Balaban J connectivity index is 1.68. The molecule has 1 aromatic carbocycles. The zero-order valence-electron chi connectivity index (χ0n) is 16.8. The largest absolute Gasteiger partial charge is 0.349 e. The molecule has 0 radical (unpaired) electrons. The van der Waals surface area contributed by atoms with Gasteiger partial charge in [0.25, 0.3) is 5.70 Å². The van der Waals surface area contributed by atoms with Gasteiger partial charge in [0, 0.05) is 39.0 Å². The molecule has 6 heteroatoms. The molecule has 0 unspecified atom stereocenters. The minimum atomic E-state index is -0.883. The number of unbranched alkanes of at least 4 members (excludes halogenated alkanes) is 4. The van der Waals surface area contributed by atoms with E-state index in [-0.39, 0.29) is 10.6 Å². The van der Waals surface area contributed by atoms with Crippen molar-refractivity contribution < 1.29 is 14.4 Å². The molecule has 152 valence electrons. The van der Waals surface area contributed by atoms with E-state index in [1.54, 1.807) is 26.4 Å². The topological polar surface area (TPSA) is 74.0 Å². The first-order valence-corrected chi connectivity index (χ1v) is 9.82. The maximum Gasteiger partial charge on any atom is 0.268 e. The van der Waals surface area contributed by atoms with E-state index < -0.39 is 5.79 Å². The Bertz CT molecular complexity index is 707. The fourth-order valence-corrected chi connectivity index (χ4v) is 3.29. The highest BCUT2D eigenvalue weighted by Gasteiger charge is 2.34. The van der Waals surface area contributed by atoms with Crippen molar-refractivity contribution in [2.45, 2.75) is 50.7 Å². The third kappa shape index (κ3) is 6.69. The molecule has 0 spiro atoms. The molecule has 0 N–H and O–H groups in total. The molecular formula is C22H30N2O4. The maximum atomic E-state index is 11.3. The minimum absolute atomic E-state index is 0.181. The molecular weight excluding hydrogens is 356 g/mol. The van der Waals surface area contributed by atoms with E-state index in [4.69, 9.17) is 9.47 Å². The number of nitrogens with zero attached hydrogens (tertiary/aromatic N) is 2. The average Bonchev–Trinajstić information content (AvgIpc) is 2.73. The molecule has 0 bridgehead atoms. The highest BCUT2D eigenvalue weighted by Crippen LogP contribution is 2.32. The van der Waals surface area contributed by atoms with E-state index in [9.17, 15) is 10.1 Å². The van der Waals surface area contributed by atoms with Crippen molar-refractivity contribution in [3.8, 4) is 0 Å². The Morgan fingerprint density at radius 2 is 1.79 bits per heavy atom. The highest BCUT2D eigenvalue weighted by atomic mass is 16.7. The summed E-state index contributed by atoms with van der Waals surface area (Å²) < 4.78 is 10.8. The molecule has 1 aromatic rings. The predicted octanol–water partition coefficient (Wildman–Crippen LogP) is 4.93. The number of methoxy groups -OCH3 is 2. The van der Waals surface area contributed by atoms with Crippen molar-refractivity contribution in [1.29, 1.82) is 0 Å². The molecule has 1 aliphatic carbocycles. The zero-order valence-corrected chi connectivity index (χ0v) is 16.8. The zero-order chi connectivity index (χ0) is 20.2. The summed E-state index contributed by atoms with van der Waals surface area (Å²) >= 11 is 0. The summed E-state index contributed by atoms with van der Waals surface area (Å²) in [4.78, 5) is 15.4. The van der Waals surface area contributed by atoms with Crippen molar-refractivity contribution in [2.24, 2.45) is 4.99 Å². The Morgan fingerprint density at radius 3 is 2.46 bits per heavy atom. The normalized spacial score (nSPS) is 16.1. The van der Waals surface area contributed by atoms with Crippen molar-refractivity contribution in [3.63, 3.8) is 0 Å². The summed E-state index contributed by atoms with van der Waals surface area (Å²) in [6.45, 7) is 0.832. The van der Waals surface area contributed by atoms with Gasteiger partial charge in [-0.25, -0.2) is 0 Å². The number of rotatable bonds is 12. The second-order valence-electron chi connectivity index (χ2n) is 6.90. The summed E-state index contributed by atoms with van der Waals surface area (Å²) in [5, 5.41) is 11.3. The van der Waals surface area contributed by atoms with Crippen LogP contribution in [-0.4, -0.2) is 37.7 Å². The second kappa shape index (κ2) is 11.5. The molecule has 2 rings (SSSR count). The van der Waals surface area contributed by atoms with Crippen LogP contribution in [0.25, 0.3) is 0 Å². The van der Waals surface area contributed by atoms with E-state index in [0.717, 1.165) is 44.2 Å². The number of aliphatic imine (C=N–C) groups is 1. The van der Waals surface area contributed by atoms with Gasteiger partial charge in [-0.1, -0.05) is 49.6 Å². The van der Waals surface area contributed by atoms with Gasteiger partial charge in [-0.3, -0.25) is 15.1 Å². The SMILES string of the molecule is COC1(OC)C=C(CCCCCCCN=Cc2ccccc2)C([N+](=O)[O-])=CC1. The Labute approximate surface area is 167 Å². The third-order valence-electron chi connectivity index (χ3n) is 4.96. The lowest BCUT2D eigenvalue weighted by molar-refractivity contribution is -0.422. The summed E-state index contributed by atoms with van der Waals surface area (Å²) in [6.07, 6.45) is 11.5. The average molecular weight is 386 g/mol. The number of benzene rings is 1. The molecule has 0 aromatic heterocycles. The number of hydrogen-bond acceptors (Lipinski definition) is 5. The molecule has 6 nitrogen and oxygen atoms in total. The highest BCUT2D eigenvalue weighted by molar-refractivity contribution is 5.79. The second-order valence-corrected chi connectivity index (χ2v) is 6.90. The monoisotopic (exact) mass is 386 g/mol. The van der Waals surface area contributed by atoms with Gasteiger partial charge in [0.15, 0.2) is 5.79 Å². The fraction of sp³-hybridized carbons (Fsp3) is 0.500. The van der Waals surface area contributed by atoms with Crippen molar-refractivity contribution in [3.05, 3.63) is 69.4 Å². The summed E-state index contributed by atoms with van der Waals surface area (Å²) in [5.41, 5.74) is 2.01. The minimum Gasteiger partial charge on any atom is -0.349 e. The molecule has 0 heterocycles. The number of nitro groups is 1. The first-order valence-electron chi connectivity index (χ1n) is 9.82. The maximum absolute atomic E-state index is 11.3. The van der Waals surface area contributed by atoms with Gasteiger partial charge >= 0.3 is 0 Å². The Kier molecular flexibility index (Phi) is 9.04. The van der Waals surface area contributed by atoms with Gasteiger partial charge < -0.3 is 9.47 Å². The summed E-state index contributed by atoms with van der Waals surface area (Å²) in [6, 6.07) is 10.1. The van der Waals surface area contributed by atoms with Gasteiger partial charge in [0.1, 0.15) is 0 Å². The number of hydrogen-bond donors (Lipinski definition) is 0. The molecule has 28 heavy (non-hydrogen) atoms. The molecule has 0 atom stereocenters. The van der Waals surface area contributed by atoms with Gasteiger partial charge in [0.2, 0.25) is 0 Å². The predicted molar refractivity (Wildman–Crippen MR) is 111 cm³/mol. The summed E-state index contributed by atoms with van der Waals surface area (Å²) in [5.74, 6) is -0.883. The van der Waals surface area contributed by atoms with E-state index in [1.807, 2.05) is 36.5 Å². The van der Waals surface area contributed by atoms with Crippen molar-refractivity contribution >= 4 is 6.21 Å². The third-order valence-corrected chi connectivity index (χ3v) is 4.96. The van der Waals surface area contributed by atoms with Crippen LogP contribution in [0.1, 0.15) is 50.5 Å². The molecule has 0 saturated heterocycles. The molecule has 1 aliphatic rings. The fourth-order valence-electron chi connectivity index (χ4n) is 3.29. The standard InChI is InChI=1S/C22H30N2O4/c1-27-22(28-2)15-14-21(24(25)26)20(17-22)13-9-4-3-5-10-16-23-18-19-11-7-6-8-12-19/h6-8,11-12,14,17-18H,3-5,9-10,13,15-16H2,1-2H3. The lowest BCUT2D eigenvalue weighted by Gasteiger charge is -2.29. The van der Waals surface area contributed by atoms with Crippen LogP contribution in [-0.2, 0) is 9.47 Å². The lowest BCUT2D eigenvalue weighted by Crippen LogP contribution is -2.33. The smallest absolute Gasteiger partial charge is 0.268 e. The van der Waals surface area contributed by atoms with Crippen molar-refractivity contribution in [2.75, 3.05) is 20.8 Å². The van der Waals surface area contributed by atoms with Gasteiger partial charge in [-0.15, -0.1) is 0 Å². The van der Waals surface area contributed by atoms with Gasteiger partial charge in [-0.2, -0.15) is 0 Å². The number of ether oxygens (including phenoxy) is 2. The van der Waals surface area contributed by atoms with Crippen LogP contribution in [0.15, 0.2) is 58.7 Å².